The van der Waals surface area contributed by atoms with Crippen LogP contribution in [-0.4, -0.2) is 48.6 Å². The number of aliphatic hydroxyl groups excluding tert-OH is 1. The highest BCUT2D eigenvalue weighted by atomic mass is 35.5. The van der Waals surface area contributed by atoms with Crippen LogP contribution in [0.4, 0.5) is 0 Å². The molecule has 2 aromatic carbocycles. The first kappa shape index (κ1) is 24.8. The van der Waals surface area contributed by atoms with E-state index in [1.807, 2.05) is 31.2 Å². The van der Waals surface area contributed by atoms with Gasteiger partial charge in [-0.25, -0.2) is 0 Å². The van der Waals surface area contributed by atoms with Crippen LogP contribution in [0.25, 0.3) is 5.76 Å². The number of hydrogen-bond donors (Lipinski definition) is 1. The number of likely N-dealkylation sites (tertiary alicyclic amines) is 1. The van der Waals surface area contributed by atoms with Gasteiger partial charge in [-0.05, 0) is 48.6 Å². The van der Waals surface area contributed by atoms with Gasteiger partial charge in [-0.3, -0.25) is 9.59 Å². The molecule has 0 saturated carbocycles. The van der Waals surface area contributed by atoms with Gasteiger partial charge in [-0.1, -0.05) is 49.7 Å². The third kappa shape index (κ3) is 5.23. The topological polar surface area (TPSA) is 76.1 Å². The zero-order valence-corrected chi connectivity index (χ0v) is 20.2. The summed E-state index contributed by atoms with van der Waals surface area (Å²) in [6.07, 6.45) is 0.560. The molecule has 3 rings (SSSR count). The molecule has 176 valence electrons. The van der Waals surface area contributed by atoms with Crippen LogP contribution in [0.1, 0.15) is 55.8 Å². The highest BCUT2D eigenvalue weighted by Crippen LogP contribution is 2.41. The van der Waals surface area contributed by atoms with Crippen LogP contribution >= 0.6 is 11.6 Å². The average Bonchev–Trinajstić information content (AvgIpc) is 3.05. The first-order valence-corrected chi connectivity index (χ1v) is 11.5. The lowest BCUT2D eigenvalue weighted by molar-refractivity contribution is -0.140. The molecule has 0 radical (unpaired) electrons. The maximum atomic E-state index is 13.1. The minimum atomic E-state index is -0.735. The Kier molecular flexibility index (Phi) is 8.16. The minimum Gasteiger partial charge on any atom is -0.507 e. The van der Waals surface area contributed by atoms with Crippen molar-refractivity contribution >= 4 is 29.1 Å². The van der Waals surface area contributed by atoms with Gasteiger partial charge in [0.05, 0.1) is 23.2 Å². The van der Waals surface area contributed by atoms with E-state index in [1.54, 1.807) is 25.3 Å². The second kappa shape index (κ2) is 10.9. The number of carbonyl (C=O) groups excluding carboxylic acids is 2. The van der Waals surface area contributed by atoms with Gasteiger partial charge in [0.2, 0.25) is 0 Å². The lowest BCUT2D eigenvalue weighted by Gasteiger charge is -2.25. The van der Waals surface area contributed by atoms with Crippen LogP contribution in [-0.2, 0) is 14.3 Å². The number of ketones is 1. The van der Waals surface area contributed by atoms with Crippen LogP contribution in [0.5, 0.6) is 5.75 Å². The Morgan fingerprint density at radius 1 is 1.15 bits per heavy atom. The maximum Gasteiger partial charge on any atom is 0.295 e. The Bertz CT molecular complexity index is 1050. The number of aliphatic hydroxyl groups is 1. The molecule has 2 aromatic rings. The summed E-state index contributed by atoms with van der Waals surface area (Å²) in [5.74, 6) is -0.849. The molecule has 33 heavy (non-hydrogen) atoms. The summed E-state index contributed by atoms with van der Waals surface area (Å²) in [6, 6.07) is 11.9. The zero-order chi connectivity index (χ0) is 24.1. The average molecular weight is 472 g/mol. The predicted octanol–water partition coefficient (Wildman–Crippen LogP) is 5.32. The van der Waals surface area contributed by atoms with Crippen molar-refractivity contribution in [2.24, 2.45) is 0 Å². The van der Waals surface area contributed by atoms with Gasteiger partial charge in [0, 0.05) is 25.8 Å². The van der Waals surface area contributed by atoms with E-state index >= 15 is 0 Å². The van der Waals surface area contributed by atoms with Crippen molar-refractivity contribution in [2.45, 2.75) is 39.2 Å². The lowest BCUT2D eigenvalue weighted by atomic mass is 9.93. The summed E-state index contributed by atoms with van der Waals surface area (Å²) in [7, 11) is 1.59. The summed E-state index contributed by atoms with van der Waals surface area (Å²) in [5, 5.41) is 11.5. The van der Waals surface area contributed by atoms with Crippen molar-refractivity contribution in [3.8, 4) is 5.75 Å². The molecule has 0 spiro atoms. The smallest absolute Gasteiger partial charge is 0.295 e. The van der Waals surface area contributed by atoms with Gasteiger partial charge in [-0.2, -0.15) is 0 Å². The van der Waals surface area contributed by atoms with Crippen LogP contribution in [0.3, 0.4) is 0 Å². The van der Waals surface area contributed by atoms with Gasteiger partial charge in [0.25, 0.3) is 11.7 Å². The first-order valence-electron chi connectivity index (χ1n) is 11.1. The Morgan fingerprint density at radius 2 is 1.85 bits per heavy atom. The molecule has 1 amide bonds. The molecule has 6 nitrogen and oxygen atoms in total. The summed E-state index contributed by atoms with van der Waals surface area (Å²) in [4.78, 5) is 27.6. The van der Waals surface area contributed by atoms with Crippen molar-refractivity contribution in [2.75, 3.05) is 26.9 Å². The van der Waals surface area contributed by atoms with Crippen LogP contribution in [0.15, 0.2) is 48.0 Å². The Balaban J connectivity index is 2.15. The van der Waals surface area contributed by atoms with Crippen LogP contribution in [0, 0.1) is 0 Å². The molecule has 1 aliphatic heterocycles. The van der Waals surface area contributed by atoms with Crippen molar-refractivity contribution in [1.29, 1.82) is 0 Å². The summed E-state index contributed by atoms with van der Waals surface area (Å²) in [6.45, 7) is 7.25. The molecular formula is C26H30ClNO5. The number of amides is 1. The van der Waals surface area contributed by atoms with Crippen molar-refractivity contribution in [1.82, 2.24) is 4.90 Å². The Morgan fingerprint density at radius 3 is 2.45 bits per heavy atom. The normalized spacial score (nSPS) is 17.8. The fourth-order valence-corrected chi connectivity index (χ4v) is 4.19. The monoisotopic (exact) mass is 471 g/mol. The van der Waals surface area contributed by atoms with Gasteiger partial charge in [0.1, 0.15) is 11.5 Å². The van der Waals surface area contributed by atoms with E-state index in [0.717, 1.165) is 11.1 Å². The number of benzene rings is 2. The molecule has 1 atom stereocenters. The minimum absolute atomic E-state index is 0.0188. The number of methoxy groups -OCH3 is 1. The van der Waals surface area contributed by atoms with Crippen LogP contribution < -0.4 is 4.74 Å². The third-order valence-corrected chi connectivity index (χ3v) is 6.04. The Hall–Kier alpha value is -2.83. The van der Waals surface area contributed by atoms with E-state index in [2.05, 4.69) is 13.8 Å². The maximum absolute atomic E-state index is 13.1. The van der Waals surface area contributed by atoms with E-state index in [-0.39, 0.29) is 21.9 Å². The van der Waals surface area contributed by atoms with E-state index in [4.69, 9.17) is 21.1 Å². The number of carbonyl (C=O) groups is 2. The van der Waals surface area contributed by atoms with Crippen molar-refractivity contribution in [3.05, 3.63) is 69.8 Å². The van der Waals surface area contributed by atoms with E-state index in [0.29, 0.717) is 37.8 Å². The zero-order valence-electron chi connectivity index (χ0n) is 19.4. The van der Waals surface area contributed by atoms with Crippen molar-refractivity contribution in [3.63, 3.8) is 0 Å². The molecule has 0 bridgehead atoms. The molecule has 0 aromatic heterocycles. The van der Waals surface area contributed by atoms with Crippen molar-refractivity contribution < 1.29 is 24.2 Å². The SMILES string of the molecule is CCOc1ccc(Cl)c(/C(O)=C2\C(=O)C(=O)N(CCCOC)C2c2ccc(C(C)C)cc2)c1. The molecule has 1 fully saturated rings. The molecule has 0 aliphatic carbocycles. The van der Waals surface area contributed by atoms with Gasteiger partial charge in [-0.15, -0.1) is 0 Å². The summed E-state index contributed by atoms with van der Waals surface area (Å²) in [5.41, 5.74) is 2.16. The molecule has 1 unspecified atom stereocenters. The second-order valence-electron chi connectivity index (χ2n) is 8.23. The number of nitrogens with zero attached hydrogens (tertiary/aromatic N) is 1. The fourth-order valence-electron chi connectivity index (χ4n) is 3.99. The highest BCUT2D eigenvalue weighted by Gasteiger charge is 2.46. The highest BCUT2D eigenvalue weighted by molar-refractivity contribution is 6.47. The fraction of sp³-hybridized carbons (Fsp3) is 0.385. The molecule has 1 N–H and O–H groups in total. The number of Topliss-reactive ketones (excluding diaryl/α,β-unsaturated/α-hetero) is 1. The van der Waals surface area contributed by atoms with E-state index in [9.17, 15) is 14.7 Å². The second-order valence-corrected chi connectivity index (χ2v) is 8.64. The molecule has 1 saturated heterocycles. The Labute approximate surface area is 199 Å². The molecular weight excluding hydrogens is 442 g/mol. The molecule has 1 heterocycles. The van der Waals surface area contributed by atoms with E-state index < -0.39 is 17.7 Å². The standard InChI is InChI=1S/C26H30ClNO5/c1-5-33-19-11-12-21(27)20(15-19)24(29)22-23(18-9-7-17(8-10-18)16(2)3)28(13-6-14-32-4)26(31)25(22)30/h7-12,15-16,23,29H,5-6,13-14H2,1-4H3/b24-22+. The lowest BCUT2D eigenvalue weighted by Crippen LogP contribution is -2.31. The molecule has 1 aliphatic rings. The number of hydrogen-bond acceptors (Lipinski definition) is 5. The summed E-state index contributed by atoms with van der Waals surface area (Å²) >= 11 is 6.37. The first-order chi connectivity index (χ1) is 15.8. The summed E-state index contributed by atoms with van der Waals surface area (Å²) < 4.78 is 10.7. The number of ether oxygens (including phenoxy) is 2. The largest absolute Gasteiger partial charge is 0.507 e. The third-order valence-electron chi connectivity index (χ3n) is 5.71. The van der Waals surface area contributed by atoms with Gasteiger partial charge < -0.3 is 19.5 Å². The number of rotatable bonds is 9. The number of halogens is 1. The van der Waals surface area contributed by atoms with Gasteiger partial charge in [0.15, 0.2) is 0 Å². The van der Waals surface area contributed by atoms with Gasteiger partial charge >= 0.3 is 0 Å². The van der Waals surface area contributed by atoms with E-state index in [1.165, 1.54) is 4.90 Å². The molecule has 7 heteroatoms. The quantitative estimate of drug-likeness (QED) is 0.232. The predicted molar refractivity (Wildman–Crippen MR) is 129 cm³/mol. The van der Waals surface area contributed by atoms with Crippen LogP contribution in [0.2, 0.25) is 5.02 Å².